The molecular formula is C16H24N2O5S. The molecular weight excluding hydrogens is 332 g/mol. The summed E-state index contributed by atoms with van der Waals surface area (Å²) in [6.45, 7) is 2.72. The molecule has 1 aromatic rings. The van der Waals surface area contributed by atoms with Crippen molar-refractivity contribution in [1.82, 2.24) is 9.62 Å². The quantitative estimate of drug-likeness (QED) is 0.671. The molecule has 1 aliphatic rings. The van der Waals surface area contributed by atoms with Gasteiger partial charge in [0, 0.05) is 26.6 Å². The maximum absolute atomic E-state index is 11.8. The molecule has 2 rings (SSSR count). The molecule has 0 saturated heterocycles. The number of hydrogen-bond acceptors (Lipinski definition) is 5. The third-order valence-electron chi connectivity index (χ3n) is 3.89. The van der Waals surface area contributed by atoms with E-state index in [9.17, 15) is 13.2 Å². The first-order valence-electron chi connectivity index (χ1n) is 8.01. The molecule has 7 nitrogen and oxygen atoms in total. The van der Waals surface area contributed by atoms with E-state index in [0.717, 1.165) is 11.3 Å². The monoisotopic (exact) mass is 356 g/mol. The number of rotatable bonds is 9. The number of ether oxygens (including phenoxy) is 2. The molecule has 0 aromatic heterocycles. The van der Waals surface area contributed by atoms with Crippen molar-refractivity contribution >= 4 is 15.9 Å². The molecule has 0 fully saturated rings. The van der Waals surface area contributed by atoms with Gasteiger partial charge >= 0.3 is 0 Å². The van der Waals surface area contributed by atoms with E-state index in [4.69, 9.17) is 9.47 Å². The smallest absolute Gasteiger partial charge is 0.231 e. The summed E-state index contributed by atoms with van der Waals surface area (Å²) in [6, 6.07) is 5.66. The van der Waals surface area contributed by atoms with Crippen molar-refractivity contribution < 1.29 is 22.7 Å². The van der Waals surface area contributed by atoms with Gasteiger partial charge in [-0.05, 0) is 37.5 Å². The van der Waals surface area contributed by atoms with Gasteiger partial charge in [-0.3, -0.25) is 4.79 Å². The summed E-state index contributed by atoms with van der Waals surface area (Å²) in [5.74, 6) is 1.49. The Labute approximate surface area is 143 Å². The van der Waals surface area contributed by atoms with E-state index in [0.29, 0.717) is 38.1 Å². The highest BCUT2D eigenvalue weighted by Gasteiger charge is 2.15. The van der Waals surface area contributed by atoms with Crippen LogP contribution in [0.25, 0.3) is 0 Å². The van der Waals surface area contributed by atoms with Gasteiger partial charge in [0.2, 0.25) is 22.7 Å². The van der Waals surface area contributed by atoms with E-state index in [1.165, 1.54) is 4.31 Å². The third-order valence-corrected chi connectivity index (χ3v) is 5.75. The summed E-state index contributed by atoms with van der Waals surface area (Å²) >= 11 is 0. The Balaban J connectivity index is 1.65. The molecule has 0 spiro atoms. The zero-order valence-corrected chi connectivity index (χ0v) is 14.9. The molecule has 1 N–H and O–H groups in total. The van der Waals surface area contributed by atoms with Crippen LogP contribution in [0.15, 0.2) is 18.2 Å². The normalized spacial score (nSPS) is 13.3. The minimum atomic E-state index is -3.15. The molecule has 134 valence electrons. The lowest BCUT2D eigenvalue weighted by molar-refractivity contribution is -0.121. The maximum atomic E-state index is 11.8. The number of carbonyl (C=O) groups excluding carboxylic acids is 1. The molecule has 0 radical (unpaired) electrons. The second-order valence-electron chi connectivity index (χ2n) is 5.61. The molecule has 1 aliphatic heterocycles. The molecule has 0 unspecified atom stereocenters. The lowest BCUT2D eigenvalue weighted by Gasteiger charge is -2.15. The van der Waals surface area contributed by atoms with Gasteiger partial charge in [0.25, 0.3) is 0 Å². The molecule has 0 saturated carbocycles. The van der Waals surface area contributed by atoms with E-state index < -0.39 is 10.0 Å². The van der Waals surface area contributed by atoms with Crippen LogP contribution < -0.4 is 14.8 Å². The number of aryl methyl sites for hydroxylation is 1. The van der Waals surface area contributed by atoms with Gasteiger partial charge < -0.3 is 14.8 Å². The van der Waals surface area contributed by atoms with Crippen molar-refractivity contribution in [3.8, 4) is 11.5 Å². The van der Waals surface area contributed by atoms with Crippen LogP contribution in [0.4, 0.5) is 0 Å². The second kappa shape index (κ2) is 8.34. The topological polar surface area (TPSA) is 84.9 Å². The molecule has 0 atom stereocenters. The van der Waals surface area contributed by atoms with Gasteiger partial charge in [-0.25, -0.2) is 12.7 Å². The Bertz CT molecular complexity index is 675. The van der Waals surface area contributed by atoms with Crippen LogP contribution in [0.5, 0.6) is 11.5 Å². The molecule has 1 amide bonds. The number of fused-ring (bicyclic) bond motifs is 1. The molecule has 8 heteroatoms. The van der Waals surface area contributed by atoms with Crippen molar-refractivity contribution in [2.45, 2.75) is 26.2 Å². The standard InChI is InChI=1S/C16H24N2O5S/c1-3-24(20,21)18(2)10-4-9-17-16(19)8-6-13-5-7-14-15(11-13)23-12-22-14/h5,7,11H,3-4,6,8-10,12H2,1-2H3,(H,17,19). The lowest BCUT2D eigenvalue weighted by atomic mass is 10.1. The number of carbonyl (C=O) groups is 1. The number of benzene rings is 1. The Hall–Kier alpha value is -1.80. The van der Waals surface area contributed by atoms with Crippen LogP contribution >= 0.6 is 0 Å². The number of nitrogens with zero attached hydrogens (tertiary/aromatic N) is 1. The van der Waals surface area contributed by atoms with Gasteiger partial charge in [0.05, 0.1) is 5.75 Å². The van der Waals surface area contributed by atoms with E-state index in [1.54, 1.807) is 14.0 Å². The summed E-state index contributed by atoms with van der Waals surface area (Å²) in [6.07, 6.45) is 1.58. The summed E-state index contributed by atoms with van der Waals surface area (Å²) in [5.41, 5.74) is 1.02. The fourth-order valence-corrected chi connectivity index (χ4v) is 3.18. The molecule has 0 bridgehead atoms. The van der Waals surface area contributed by atoms with E-state index >= 15 is 0 Å². The highest BCUT2D eigenvalue weighted by molar-refractivity contribution is 7.89. The first kappa shape index (κ1) is 18.5. The highest BCUT2D eigenvalue weighted by atomic mass is 32.2. The van der Waals surface area contributed by atoms with Crippen molar-refractivity contribution in [3.05, 3.63) is 23.8 Å². The molecule has 24 heavy (non-hydrogen) atoms. The first-order valence-corrected chi connectivity index (χ1v) is 9.62. The Morgan fingerprint density at radius 3 is 2.79 bits per heavy atom. The lowest BCUT2D eigenvalue weighted by Crippen LogP contribution is -2.32. The van der Waals surface area contributed by atoms with Crippen molar-refractivity contribution in [3.63, 3.8) is 0 Å². The first-order chi connectivity index (χ1) is 11.4. The van der Waals surface area contributed by atoms with E-state index in [-0.39, 0.29) is 18.5 Å². The average Bonchev–Trinajstić information content (AvgIpc) is 3.04. The van der Waals surface area contributed by atoms with Gasteiger partial charge in [-0.2, -0.15) is 0 Å². The summed E-state index contributed by atoms with van der Waals surface area (Å²) in [4.78, 5) is 11.8. The fraction of sp³-hybridized carbons (Fsp3) is 0.562. The fourth-order valence-electron chi connectivity index (χ4n) is 2.33. The highest BCUT2D eigenvalue weighted by Crippen LogP contribution is 2.32. The SMILES string of the molecule is CCS(=O)(=O)N(C)CCCNC(=O)CCc1ccc2c(c1)OCO2. The summed E-state index contributed by atoms with van der Waals surface area (Å²) in [5, 5.41) is 2.81. The van der Waals surface area contributed by atoms with E-state index in [1.807, 2.05) is 18.2 Å². The van der Waals surface area contributed by atoms with Crippen LogP contribution in [0, 0.1) is 0 Å². The zero-order chi connectivity index (χ0) is 17.6. The minimum absolute atomic E-state index is 0.0475. The predicted octanol–water partition coefficient (Wildman–Crippen LogP) is 1.14. The number of hydrogen-bond donors (Lipinski definition) is 1. The predicted molar refractivity (Wildman–Crippen MR) is 90.6 cm³/mol. The number of sulfonamides is 1. The largest absolute Gasteiger partial charge is 0.454 e. The van der Waals surface area contributed by atoms with Crippen LogP contribution in [-0.4, -0.2) is 51.3 Å². The number of amides is 1. The van der Waals surface area contributed by atoms with Crippen molar-refractivity contribution in [1.29, 1.82) is 0 Å². The summed E-state index contributed by atoms with van der Waals surface area (Å²) < 4.78 is 35.1. The van der Waals surface area contributed by atoms with E-state index in [2.05, 4.69) is 5.32 Å². The van der Waals surface area contributed by atoms with Gasteiger partial charge in [0.15, 0.2) is 11.5 Å². The average molecular weight is 356 g/mol. The zero-order valence-electron chi connectivity index (χ0n) is 14.1. The third kappa shape index (κ3) is 5.10. The van der Waals surface area contributed by atoms with Crippen molar-refractivity contribution in [2.75, 3.05) is 32.7 Å². The van der Waals surface area contributed by atoms with Crippen LogP contribution in [0.1, 0.15) is 25.3 Å². The minimum Gasteiger partial charge on any atom is -0.454 e. The molecule has 1 aromatic carbocycles. The summed E-state index contributed by atoms with van der Waals surface area (Å²) in [7, 11) is -1.60. The van der Waals surface area contributed by atoms with Crippen molar-refractivity contribution in [2.24, 2.45) is 0 Å². The molecule has 0 aliphatic carbocycles. The Morgan fingerprint density at radius 1 is 1.29 bits per heavy atom. The van der Waals surface area contributed by atoms with Gasteiger partial charge in [-0.15, -0.1) is 0 Å². The van der Waals surface area contributed by atoms with Crippen LogP contribution in [0.2, 0.25) is 0 Å². The van der Waals surface area contributed by atoms with Crippen LogP contribution in [-0.2, 0) is 21.2 Å². The van der Waals surface area contributed by atoms with Gasteiger partial charge in [-0.1, -0.05) is 6.07 Å². The van der Waals surface area contributed by atoms with Crippen LogP contribution in [0.3, 0.4) is 0 Å². The number of nitrogens with one attached hydrogen (secondary N) is 1. The maximum Gasteiger partial charge on any atom is 0.231 e. The van der Waals surface area contributed by atoms with Gasteiger partial charge in [0.1, 0.15) is 0 Å². The Morgan fingerprint density at radius 2 is 2.04 bits per heavy atom. The molecule has 1 heterocycles. The Kier molecular flexibility index (Phi) is 6.44. The second-order valence-corrected chi connectivity index (χ2v) is 7.98.